The summed E-state index contributed by atoms with van der Waals surface area (Å²) in [5.74, 6) is -1.31. The van der Waals surface area contributed by atoms with Gasteiger partial charge in [-0.15, -0.1) is 0 Å². The Labute approximate surface area is 174 Å². The molecule has 1 fully saturated rings. The van der Waals surface area contributed by atoms with E-state index in [2.05, 4.69) is 0 Å². The lowest BCUT2D eigenvalue weighted by Crippen LogP contribution is -2.40. The van der Waals surface area contributed by atoms with Crippen LogP contribution in [0, 0.1) is 6.92 Å². The molecule has 1 atom stereocenters. The molecule has 6 heteroatoms. The van der Waals surface area contributed by atoms with Crippen LogP contribution in [0.3, 0.4) is 0 Å². The summed E-state index contributed by atoms with van der Waals surface area (Å²) in [7, 11) is 0. The lowest BCUT2D eigenvalue weighted by Gasteiger charge is -2.30. The first-order chi connectivity index (χ1) is 14.5. The minimum Gasteiger partial charge on any atom is -0.449 e. The molecule has 0 radical (unpaired) electrons. The highest BCUT2D eigenvalue weighted by Gasteiger charge is 2.31. The van der Waals surface area contributed by atoms with Gasteiger partial charge in [0.05, 0.1) is 5.39 Å². The number of hydrogen-bond acceptors (Lipinski definition) is 5. The summed E-state index contributed by atoms with van der Waals surface area (Å²) >= 11 is 0. The molecule has 6 nitrogen and oxygen atoms in total. The smallest absolute Gasteiger partial charge is 0.375 e. The molecule has 2 heterocycles. The second kappa shape index (κ2) is 8.53. The van der Waals surface area contributed by atoms with Gasteiger partial charge in [0.15, 0.2) is 5.43 Å². The number of nitrogens with zero attached hydrogens (tertiary/aromatic N) is 1. The summed E-state index contributed by atoms with van der Waals surface area (Å²) in [4.78, 5) is 40.2. The third kappa shape index (κ3) is 4.13. The Kier molecular flexibility index (Phi) is 5.65. The molecule has 0 aliphatic carbocycles. The van der Waals surface area contributed by atoms with Gasteiger partial charge in [0.2, 0.25) is 11.9 Å². The summed E-state index contributed by atoms with van der Waals surface area (Å²) in [6, 6.07) is 15.2. The summed E-state index contributed by atoms with van der Waals surface area (Å²) in [6.45, 7) is 3.16. The van der Waals surface area contributed by atoms with E-state index in [-0.39, 0.29) is 17.1 Å². The van der Waals surface area contributed by atoms with Crippen LogP contribution >= 0.6 is 0 Å². The lowest BCUT2D eigenvalue weighted by atomic mass is 10.1. The third-order valence-electron chi connectivity index (χ3n) is 5.30. The number of carbonyl (C=O) groups excluding carboxylic acids is 2. The Morgan fingerprint density at radius 2 is 1.73 bits per heavy atom. The Balaban J connectivity index is 1.65. The van der Waals surface area contributed by atoms with Crippen molar-refractivity contribution in [3.8, 4) is 0 Å². The zero-order chi connectivity index (χ0) is 21.1. The summed E-state index contributed by atoms with van der Waals surface area (Å²) < 4.78 is 11.2. The fourth-order valence-corrected chi connectivity index (χ4v) is 3.70. The van der Waals surface area contributed by atoms with Gasteiger partial charge < -0.3 is 14.1 Å². The molecule has 154 valence electrons. The first-order valence-electron chi connectivity index (χ1n) is 10.1. The van der Waals surface area contributed by atoms with Crippen molar-refractivity contribution in [1.29, 1.82) is 0 Å². The predicted octanol–water partition coefficient (Wildman–Crippen LogP) is 4.01. The number of benzene rings is 2. The Morgan fingerprint density at radius 1 is 1.00 bits per heavy atom. The normalized spacial score (nSPS) is 15.0. The molecule has 1 amide bonds. The van der Waals surface area contributed by atoms with Crippen LogP contribution in [0.5, 0.6) is 0 Å². The first kappa shape index (κ1) is 19.9. The molecule has 0 N–H and O–H groups in total. The van der Waals surface area contributed by atoms with Crippen LogP contribution in [-0.2, 0) is 9.53 Å². The Hall–Kier alpha value is -3.41. The molecule has 4 rings (SSSR count). The van der Waals surface area contributed by atoms with Crippen molar-refractivity contribution >= 4 is 22.8 Å². The van der Waals surface area contributed by atoms with Crippen LogP contribution in [0.2, 0.25) is 0 Å². The second-order valence-corrected chi connectivity index (χ2v) is 7.56. The van der Waals surface area contributed by atoms with Crippen molar-refractivity contribution in [1.82, 2.24) is 4.90 Å². The Morgan fingerprint density at radius 3 is 2.47 bits per heavy atom. The summed E-state index contributed by atoms with van der Waals surface area (Å²) in [5, 5.41) is 0.399. The first-order valence-corrected chi connectivity index (χ1v) is 10.1. The summed E-state index contributed by atoms with van der Waals surface area (Å²) in [6.07, 6.45) is 1.86. The number of esters is 1. The molecule has 30 heavy (non-hydrogen) atoms. The minimum atomic E-state index is -1.09. The molecule has 1 saturated heterocycles. The van der Waals surface area contributed by atoms with E-state index < -0.39 is 12.1 Å². The standard InChI is InChI=1S/C24H23NO5/c1-16-10-11-20-18(14-16)19(26)15-21(29-20)24(28)30-22(17-8-4-2-5-9-17)23(27)25-12-6-3-7-13-25/h2,4-5,8-11,14-15,22H,3,6-7,12-13H2,1H3/t22-/m0/s1. The third-order valence-corrected chi connectivity index (χ3v) is 5.30. The van der Waals surface area contributed by atoms with Crippen molar-refractivity contribution in [2.24, 2.45) is 0 Å². The quantitative estimate of drug-likeness (QED) is 0.613. The minimum absolute atomic E-state index is 0.219. The van der Waals surface area contributed by atoms with Crippen molar-refractivity contribution in [3.63, 3.8) is 0 Å². The van der Waals surface area contributed by atoms with Crippen molar-refractivity contribution in [3.05, 3.63) is 81.7 Å². The van der Waals surface area contributed by atoms with Gasteiger partial charge >= 0.3 is 5.97 Å². The fraction of sp³-hybridized carbons (Fsp3) is 0.292. The largest absolute Gasteiger partial charge is 0.449 e. The zero-order valence-corrected chi connectivity index (χ0v) is 16.8. The van der Waals surface area contributed by atoms with E-state index in [4.69, 9.17) is 9.15 Å². The van der Waals surface area contributed by atoms with E-state index >= 15 is 0 Å². The van der Waals surface area contributed by atoms with Gasteiger partial charge in [-0.1, -0.05) is 42.0 Å². The van der Waals surface area contributed by atoms with Gasteiger partial charge in [0.1, 0.15) is 5.58 Å². The molecular weight excluding hydrogens is 382 g/mol. The van der Waals surface area contributed by atoms with E-state index in [0.717, 1.165) is 30.9 Å². The second-order valence-electron chi connectivity index (χ2n) is 7.56. The number of amides is 1. The monoisotopic (exact) mass is 405 g/mol. The zero-order valence-electron chi connectivity index (χ0n) is 16.8. The number of likely N-dealkylation sites (tertiary alicyclic amines) is 1. The maximum Gasteiger partial charge on any atom is 0.375 e. The molecule has 3 aromatic rings. The van der Waals surface area contributed by atoms with Crippen molar-refractivity contribution < 1.29 is 18.7 Å². The van der Waals surface area contributed by atoms with Crippen LogP contribution in [0.4, 0.5) is 0 Å². The Bertz CT molecular complexity index is 1130. The number of ether oxygens (including phenoxy) is 1. The van der Waals surface area contributed by atoms with E-state index in [1.165, 1.54) is 0 Å². The van der Waals surface area contributed by atoms with Crippen molar-refractivity contribution in [2.75, 3.05) is 13.1 Å². The number of piperidine rings is 1. The maximum absolute atomic E-state index is 13.1. The predicted molar refractivity (Wildman–Crippen MR) is 112 cm³/mol. The number of fused-ring (bicyclic) bond motifs is 1. The maximum atomic E-state index is 13.1. The van der Waals surface area contributed by atoms with Crippen LogP contribution in [0.15, 0.2) is 63.8 Å². The van der Waals surface area contributed by atoms with Crippen LogP contribution < -0.4 is 5.43 Å². The highest BCUT2D eigenvalue weighted by Crippen LogP contribution is 2.24. The number of carbonyl (C=O) groups is 2. The van der Waals surface area contributed by atoms with Crippen LogP contribution in [0.25, 0.3) is 11.0 Å². The molecule has 1 aromatic heterocycles. The van der Waals surface area contributed by atoms with Gasteiger partial charge in [-0.25, -0.2) is 4.79 Å². The van der Waals surface area contributed by atoms with Crippen LogP contribution in [0.1, 0.15) is 47.0 Å². The molecule has 0 spiro atoms. The van der Waals surface area contributed by atoms with E-state index in [0.29, 0.717) is 29.6 Å². The highest BCUT2D eigenvalue weighted by atomic mass is 16.6. The van der Waals surface area contributed by atoms with Gasteiger partial charge in [-0.2, -0.15) is 0 Å². The van der Waals surface area contributed by atoms with Gasteiger partial charge in [0, 0.05) is 24.7 Å². The molecule has 2 aromatic carbocycles. The average Bonchev–Trinajstić information content (AvgIpc) is 2.78. The van der Waals surface area contributed by atoms with E-state index in [1.54, 1.807) is 47.4 Å². The molecule has 0 saturated carbocycles. The van der Waals surface area contributed by atoms with Crippen molar-refractivity contribution in [2.45, 2.75) is 32.3 Å². The molecule has 0 unspecified atom stereocenters. The van der Waals surface area contributed by atoms with E-state index in [1.807, 2.05) is 13.0 Å². The van der Waals surface area contributed by atoms with Gasteiger partial charge in [0.25, 0.3) is 5.91 Å². The van der Waals surface area contributed by atoms with E-state index in [9.17, 15) is 14.4 Å². The lowest BCUT2D eigenvalue weighted by molar-refractivity contribution is -0.142. The number of rotatable bonds is 4. The fourth-order valence-electron chi connectivity index (χ4n) is 3.70. The average molecular weight is 405 g/mol. The molecule has 0 bridgehead atoms. The van der Waals surface area contributed by atoms with Gasteiger partial charge in [-0.3, -0.25) is 9.59 Å². The summed E-state index contributed by atoms with van der Waals surface area (Å²) in [5.41, 5.74) is 1.48. The highest BCUT2D eigenvalue weighted by molar-refractivity contribution is 5.92. The number of hydrogen-bond donors (Lipinski definition) is 0. The molecule has 1 aliphatic heterocycles. The van der Waals surface area contributed by atoms with Gasteiger partial charge in [-0.05, 0) is 38.3 Å². The SMILES string of the molecule is Cc1ccc2oc(C(=O)O[C@H](C(=O)N3CCCCC3)c3ccccc3)cc(=O)c2c1. The van der Waals surface area contributed by atoms with Crippen LogP contribution in [-0.4, -0.2) is 29.9 Å². The topological polar surface area (TPSA) is 76.8 Å². The molecular formula is C24H23NO5. The molecule has 1 aliphatic rings. The number of aryl methyl sites for hydroxylation is 1.